The smallest absolute Gasteiger partial charge is 0.123 e. The van der Waals surface area contributed by atoms with Crippen LogP contribution in [0.1, 0.15) is 42.9 Å². The predicted octanol–water partition coefficient (Wildman–Crippen LogP) is 3.54. The number of hydrogen-bond donors (Lipinski definition) is 2. The predicted molar refractivity (Wildman–Crippen MR) is 92.6 cm³/mol. The summed E-state index contributed by atoms with van der Waals surface area (Å²) in [7, 11) is 0. The Morgan fingerprint density at radius 1 is 1.29 bits per heavy atom. The summed E-state index contributed by atoms with van der Waals surface area (Å²) in [6.07, 6.45) is 1.29. The standard InChI is InChI=1S/C19H25FN2O2/c1-13-3-5-17(24-13)12-21-14(2)18-11-15(20)4-6-19(18)22-9-7-16(23)8-10-22/h3-6,11,14,16,21,23H,7-10,12H2,1-2H3. The van der Waals surface area contributed by atoms with Gasteiger partial charge in [-0.15, -0.1) is 0 Å². The largest absolute Gasteiger partial charge is 0.465 e. The minimum atomic E-state index is -0.228. The summed E-state index contributed by atoms with van der Waals surface area (Å²) in [5.74, 6) is 1.53. The van der Waals surface area contributed by atoms with E-state index in [2.05, 4.69) is 10.2 Å². The van der Waals surface area contributed by atoms with Crippen molar-refractivity contribution in [2.75, 3.05) is 18.0 Å². The van der Waals surface area contributed by atoms with Gasteiger partial charge in [0, 0.05) is 24.8 Å². The van der Waals surface area contributed by atoms with Gasteiger partial charge in [0.05, 0.1) is 12.6 Å². The number of hydrogen-bond acceptors (Lipinski definition) is 4. The van der Waals surface area contributed by atoms with Crippen LogP contribution in [0.3, 0.4) is 0 Å². The Hall–Kier alpha value is -1.85. The van der Waals surface area contributed by atoms with Gasteiger partial charge in [-0.3, -0.25) is 0 Å². The van der Waals surface area contributed by atoms with Crippen LogP contribution in [-0.4, -0.2) is 24.3 Å². The number of anilines is 1. The normalized spacial score (nSPS) is 17.2. The molecule has 0 radical (unpaired) electrons. The highest BCUT2D eigenvalue weighted by molar-refractivity contribution is 5.55. The van der Waals surface area contributed by atoms with Crippen molar-refractivity contribution in [1.29, 1.82) is 0 Å². The Kier molecular flexibility index (Phi) is 5.21. The van der Waals surface area contributed by atoms with Crippen LogP contribution in [0.25, 0.3) is 0 Å². The van der Waals surface area contributed by atoms with Gasteiger partial charge in [0.25, 0.3) is 0 Å². The molecule has 5 heteroatoms. The highest BCUT2D eigenvalue weighted by Gasteiger charge is 2.21. The number of benzene rings is 1. The van der Waals surface area contributed by atoms with E-state index in [9.17, 15) is 9.50 Å². The number of aliphatic hydroxyl groups is 1. The number of piperidine rings is 1. The van der Waals surface area contributed by atoms with Crippen LogP contribution in [0.15, 0.2) is 34.7 Å². The van der Waals surface area contributed by atoms with Gasteiger partial charge in [0.15, 0.2) is 0 Å². The molecule has 1 aromatic heterocycles. The Morgan fingerprint density at radius 3 is 2.71 bits per heavy atom. The molecule has 2 heterocycles. The fourth-order valence-electron chi connectivity index (χ4n) is 3.21. The van der Waals surface area contributed by atoms with Crippen molar-refractivity contribution in [3.63, 3.8) is 0 Å². The first kappa shape index (κ1) is 17.0. The van der Waals surface area contributed by atoms with Crippen LogP contribution in [-0.2, 0) is 6.54 Å². The highest BCUT2D eigenvalue weighted by Crippen LogP contribution is 2.30. The fourth-order valence-corrected chi connectivity index (χ4v) is 3.21. The molecule has 1 aliphatic heterocycles. The third-order valence-electron chi connectivity index (χ3n) is 4.64. The Labute approximate surface area is 142 Å². The minimum Gasteiger partial charge on any atom is -0.465 e. The maximum absolute atomic E-state index is 13.8. The van der Waals surface area contributed by atoms with E-state index in [1.807, 2.05) is 32.0 Å². The van der Waals surface area contributed by atoms with Crippen LogP contribution in [0.5, 0.6) is 0 Å². The van der Waals surface area contributed by atoms with Crippen LogP contribution in [0.4, 0.5) is 10.1 Å². The van der Waals surface area contributed by atoms with Crippen LogP contribution in [0, 0.1) is 12.7 Å². The van der Waals surface area contributed by atoms with Crippen molar-refractivity contribution in [1.82, 2.24) is 5.32 Å². The van der Waals surface area contributed by atoms with Crippen molar-refractivity contribution >= 4 is 5.69 Å². The molecule has 1 aromatic carbocycles. The molecule has 0 aliphatic carbocycles. The zero-order valence-corrected chi connectivity index (χ0v) is 14.3. The lowest BCUT2D eigenvalue weighted by atomic mass is 10.0. The summed E-state index contributed by atoms with van der Waals surface area (Å²) in [5, 5.41) is 13.1. The monoisotopic (exact) mass is 332 g/mol. The molecule has 2 N–H and O–H groups in total. The van der Waals surface area contributed by atoms with Gasteiger partial charge in [-0.05, 0) is 62.6 Å². The molecule has 24 heavy (non-hydrogen) atoms. The first-order chi connectivity index (χ1) is 11.5. The van der Waals surface area contributed by atoms with Crippen molar-refractivity contribution in [2.24, 2.45) is 0 Å². The molecule has 0 amide bonds. The Bertz CT molecular complexity index is 678. The zero-order chi connectivity index (χ0) is 17.1. The molecular weight excluding hydrogens is 307 g/mol. The van der Waals surface area contributed by atoms with Gasteiger partial charge in [0.2, 0.25) is 0 Å². The zero-order valence-electron chi connectivity index (χ0n) is 14.3. The average molecular weight is 332 g/mol. The maximum atomic E-state index is 13.8. The molecule has 2 aromatic rings. The lowest BCUT2D eigenvalue weighted by Crippen LogP contribution is -2.37. The number of rotatable bonds is 5. The van der Waals surface area contributed by atoms with E-state index in [-0.39, 0.29) is 18.0 Å². The van der Waals surface area contributed by atoms with Gasteiger partial charge >= 0.3 is 0 Å². The van der Waals surface area contributed by atoms with Crippen LogP contribution >= 0.6 is 0 Å². The third-order valence-corrected chi connectivity index (χ3v) is 4.64. The number of halogens is 1. The topological polar surface area (TPSA) is 48.6 Å². The summed E-state index contributed by atoms with van der Waals surface area (Å²) in [6, 6.07) is 8.84. The summed E-state index contributed by atoms with van der Waals surface area (Å²) >= 11 is 0. The van der Waals surface area contributed by atoms with Gasteiger partial charge in [-0.2, -0.15) is 0 Å². The van der Waals surface area contributed by atoms with E-state index in [1.54, 1.807) is 6.07 Å². The SMILES string of the molecule is Cc1ccc(CNC(C)c2cc(F)ccc2N2CCC(O)CC2)o1. The van der Waals surface area contributed by atoms with Crippen molar-refractivity contribution in [2.45, 2.75) is 45.4 Å². The molecule has 1 fully saturated rings. The van der Waals surface area contributed by atoms with E-state index in [1.165, 1.54) is 6.07 Å². The lowest BCUT2D eigenvalue weighted by Gasteiger charge is -2.34. The molecule has 0 saturated carbocycles. The van der Waals surface area contributed by atoms with Gasteiger partial charge in [-0.25, -0.2) is 4.39 Å². The number of furan rings is 1. The van der Waals surface area contributed by atoms with E-state index >= 15 is 0 Å². The Morgan fingerprint density at radius 2 is 2.04 bits per heavy atom. The van der Waals surface area contributed by atoms with Gasteiger partial charge in [0.1, 0.15) is 17.3 Å². The second-order valence-corrected chi connectivity index (χ2v) is 6.54. The summed E-state index contributed by atoms with van der Waals surface area (Å²) in [5.41, 5.74) is 1.98. The van der Waals surface area contributed by atoms with E-state index < -0.39 is 0 Å². The van der Waals surface area contributed by atoms with Crippen molar-refractivity contribution in [3.05, 3.63) is 53.2 Å². The fraction of sp³-hybridized carbons (Fsp3) is 0.474. The number of aliphatic hydroxyl groups excluding tert-OH is 1. The third kappa shape index (κ3) is 3.97. The summed E-state index contributed by atoms with van der Waals surface area (Å²) in [4.78, 5) is 2.23. The molecule has 1 atom stereocenters. The molecule has 130 valence electrons. The second-order valence-electron chi connectivity index (χ2n) is 6.54. The van der Waals surface area contributed by atoms with E-state index in [4.69, 9.17) is 4.42 Å². The van der Waals surface area contributed by atoms with Crippen LogP contribution < -0.4 is 10.2 Å². The second kappa shape index (κ2) is 7.36. The quantitative estimate of drug-likeness (QED) is 0.879. The summed E-state index contributed by atoms with van der Waals surface area (Å²) in [6.45, 7) is 6.15. The molecule has 3 rings (SSSR count). The number of aryl methyl sites for hydroxylation is 1. The van der Waals surface area contributed by atoms with E-state index in [0.717, 1.165) is 48.7 Å². The lowest BCUT2D eigenvalue weighted by molar-refractivity contribution is 0.145. The van der Waals surface area contributed by atoms with E-state index in [0.29, 0.717) is 6.54 Å². The van der Waals surface area contributed by atoms with Crippen molar-refractivity contribution in [3.8, 4) is 0 Å². The highest BCUT2D eigenvalue weighted by atomic mass is 19.1. The van der Waals surface area contributed by atoms with Gasteiger partial charge in [-0.1, -0.05) is 0 Å². The summed E-state index contributed by atoms with van der Waals surface area (Å²) < 4.78 is 19.4. The molecular formula is C19H25FN2O2. The molecule has 0 spiro atoms. The Balaban J connectivity index is 1.74. The van der Waals surface area contributed by atoms with Gasteiger partial charge < -0.3 is 19.7 Å². The maximum Gasteiger partial charge on any atom is 0.123 e. The minimum absolute atomic E-state index is 0.00652. The number of nitrogens with zero attached hydrogens (tertiary/aromatic N) is 1. The molecule has 1 saturated heterocycles. The molecule has 1 unspecified atom stereocenters. The van der Waals surface area contributed by atoms with Crippen molar-refractivity contribution < 1.29 is 13.9 Å². The molecule has 4 nitrogen and oxygen atoms in total. The molecule has 1 aliphatic rings. The molecule has 0 bridgehead atoms. The van der Waals surface area contributed by atoms with Crippen LogP contribution in [0.2, 0.25) is 0 Å². The first-order valence-electron chi connectivity index (χ1n) is 8.54. The first-order valence-corrected chi connectivity index (χ1v) is 8.54. The number of nitrogens with one attached hydrogen (secondary N) is 1. The average Bonchev–Trinajstić information content (AvgIpc) is 2.99.